The van der Waals surface area contributed by atoms with Crippen molar-refractivity contribution in [1.82, 2.24) is 14.9 Å². The largest absolute Gasteiger partial charge is 0.317 e. The van der Waals surface area contributed by atoms with E-state index in [2.05, 4.69) is 21.9 Å². The van der Waals surface area contributed by atoms with E-state index < -0.39 is 10.0 Å². The molecule has 20 heavy (non-hydrogen) atoms. The molecule has 6 heteroatoms. The predicted octanol–water partition coefficient (Wildman–Crippen LogP) is 1.17. The van der Waals surface area contributed by atoms with Crippen LogP contribution in [0.1, 0.15) is 46.0 Å². The SMILES string of the molecule is CCNCCCS(=O)(=O)NCCCN1CCCCC1C. The van der Waals surface area contributed by atoms with Gasteiger partial charge in [0.25, 0.3) is 0 Å². The molecule has 1 rings (SSSR count). The van der Waals surface area contributed by atoms with Crippen LogP contribution in [0.25, 0.3) is 0 Å². The van der Waals surface area contributed by atoms with Gasteiger partial charge in [-0.25, -0.2) is 13.1 Å². The molecule has 0 aliphatic carbocycles. The van der Waals surface area contributed by atoms with Gasteiger partial charge in [-0.2, -0.15) is 0 Å². The lowest BCUT2D eigenvalue weighted by atomic mass is 10.0. The molecule has 0 aromatic rings. The standard InChI is InChI=1S/C14H31N3O2S/c1-3-15-9-7-13-20(18,19)16-10-6-12-17-11-5-4-8-14(17)2/h14-16H,3-13H2,1-2H3. The Hall–Kier alpha value is -0.170. The van der Waals surface area contributed by atoms with Gasteiger partial charge in [-0.15, -0.1) is 0 Å². The molecule has 1 saturated heterocycles. The Morgan fingerprint density at radius 3 is 2.70 bits per heavy atom. The van der Waals surface area contributed by atoms with Crippen molar-refractivity contribution in [3.05, 3.63) is 0 Å². The van der Waals surface area contributed by atoms with Gasteiger partial charge < -0.3 is 10.2 Å². The van der Waals surface area contributed by atoms with Crippen molar-refractivity contribution in [3.8, 4) is 0 Å². The first-order valence-electron chi connectivity index (χ1n) is 7.97. The smallest absolute Gasteiger partial charge is 0.211 e. The molecule has 1 atom stereocenters. The third-order valence-electron chi connectivity index (χ3n) is 3.90. The molecular formula is C14H31N3O2S. The minimum Gasteiger partial charge on any atom is -0.317 e. The number of nitrogens with zero attached hydrogens (tertiary/aromatic N) is 1. The number of sulfonamides is 1. The Morgan fingerprint density at radius 1 is 1.20 bits per heavy atom. The number of nitrogens with one attached hydrogen (secondary N) is 2. The molecule has 0 bridgehead atoms. The molecule has 0 amide bonds. The quantitative estimate of drug-likeness (QED) is 0.595. The summed E-state index contributed by atoms with van der Waals surface area (Å²) >= 11 is 0. The maximum Gasteiger partial charge on any atom is 0.211 e. The lowest BCUT2D eigenvalue weighted by molar-refractivity contribution is 0.159. The van der Waals surface area contributed by atoms with Crippen molar-refractivity contribution in [1.29, 1.82) is 0 Å². The molecule has 0 aromatic carbocycles. The highest BCUT2D eigenvalue weighted by atomic mass is 32.2. The van der Waals surface area contributed by atoms with Crippen molar-refractivity contribution in [3.63, 3.8) is 0 Å². The molecule has 1 unspecified atom stereocenters. The van der Waals surface area contributed by atoms with Crippen LogP contribution in [-0.2, 0) is 10.0 Å². The van der Waals surface area contributed by atoms with Crippen LogP contribution in [0.2, 0.25) is 0 Å². The molecule has 120 valence electrons. The van der Waals surface area contributed by atoms with Crippen molar-refractivity contribution in [2.75, 3.05) is 38.5 Å². The van der Waals surface area contributed by atoms with Crippen LogP contribution in [0, 0.1) is 0 Å². The first-order chi connectivity index (χ1) is 9.55. The molecule has 2 N–H and O–H groups in total. The Balaban J connectivity index is 2.09. The van der Waals surface area contributed by atoms with Gasteiger partial charge >= 0.3 is 0 Å². The monoisotopic (exact) mass is 305 g/mol. The molecule has 1 aliphatic rings. The Kier molecular flexibility index (Phi) is 8.68. The summed E-state index contributed by atoms with van der Waals surface area (Å²) in [4.78, 5) is 2.48. The number of likely N-dealkylation sites (tertiary alicyclic amines) is 1. The Labute approximate surface area is 124 Å². The summed E-state index contributed by atoms with van der Waals surface area (Å²) in [6.07, 6.45) is 5.45. The van der Waals surface area contributed by atoms with Crippen molar-refractivity contribution in [2.24, 2.45) is 0 Å². The normalized spacial score (nSPS) is 21.2. The highest BCUT2D eigenvalue weighted by Gasteiger charge is 2.17. The highest BCUT2D eigenvalue weighted by molar-refractivity contribution is 7.89. The molecular weight excluding hydrogens is 274 g/mol. The zero-order valence-electron chi connectivity index (χ0n) is 13.0. The first-order valence-corrected chi connectivity index (χ1v) is 9.62. The second kappa shape index (κ2) is 9.71. The van der Waals surface area contributed by atoms with Crippen LogP contribution in [0.4, 0.5) is 0 Å². The molecule has 0 aromatic heterocycles. The molecule has 0 saturated carbocycles. The van der Waals surface area contributed by atoms with Gasteiger partial charge in [0, 0.05) is 12.6 Å². The van der Waals surface area contributed by atoms with Crippen molar-refractivity contribution >= 4 is 10.0 Å². The first kappa shape index (κ1) is 17.9. The summed E-state index contributed by atoms with van der Waals surface area (Å²) in [7, 11) is -3.09. The maximum absolute atomic E-state index is 11.8. The average Bonchev–Trinajstić information content (AvgIpc) is 2.42. The van der Waals surface area contributed by atoms with E-state index in [1.165, 1.54) is 19.3 Å². The maximum atomic E-state index is 11.8. The van der Waals surface area contributed by atoms with Crippen LogP contribution in [0.5, 0.6) is 0 Å². The third kappa shape index (κ3) is 7.57. The zero-order valence-corrected chi connectivity index (χ0v) is 13.8. The third-order valence-corrected chi connectivity index (χ3v) is 5.37. The highest BCUT2D eigenvalue weighted by Crippen LogP contribution is 2.16. The zero-order chi connectivity index (χ0) is 14.8. The molecule has 5 nitrogen and oxygen atoms in total. The lowest BCUT2D eigenvalue weighted by Crippen LogP contribution is -2.39. The molecule has 0 radical (unpaired) electrons. The molecule has 1 fully saturated rings. The second-order valence-electron chi connectivity index (χ2n) is 5.65. The van der Waals surface area contributed by atoms with Crippen LogP contribution in [0.3, 0.4) is 0 Å². The fourth-order valence-electron chi connectivity index (χ4n) is 2.64. The number of hydrogen-bond acceptors (Lipinski definition) is 4. The Morgan fingerprint density at radius 2 is 2.00 bits per heavy atom. The van der Waals surface area contributed by atoms with Crippen LogP contribution in [0.15, 0.2) is 0 Å². The Bertz CT molecular complexity index is 346. The topological polar surface area (TPSA) is 61.4 Å². The van der Waals surface area contributed by atoms with E-state index in [0.29, 0.717) is 19.0 Å². The van der Waals surface area contributed by atoms with Gasteiger partial charge in [0.1, 0.15) is 0 Å². The van der Waals surface area contributed by atoms with Crippen LogP contribution >= 0.6 is 0 Å². The summed E-state index contributed by atoms with van der Waals surface area (Å²) in [6.45, 7) is 8.67. The minimum absolute atomic E-state index is 0.222. The fraction of sp³-hybridized carbons (Fsp3) is 1.00. The summed E-state index contributed by atoms with van der Waals surface area (Å²) in [5, 5.41) is 3.14. The average molecular weight is 305 g/mol. The van der Waals surface area contributed by atoms with Gasteiger partial charge in [0.15, 0.2) is 0 Å². The van der Waals surface area contributed by atoms with E-state index in [0.717, 1.165) is 32.6 Å². The van der Waals surface area contributed by atoms with E-state index in [9.17, 15) is 8.42 Å². The van der Waals surface area contributed by atoms with Crippen molar-refractivity contribution in [2.45, 2.75) is 52.0 Å². The fourth-order valence-corrected chi connectivity index (χ4v) is 3.76. The van der Waals surface area contributed by atoms with Crippen molar-refractivity contribution < 1.29 is 8.42 Å². The van der Waals surface area contributed by atoms with E-state index in [1.54, 1.807) is 0 Å². The van der Waals surface area contributed by atoms with Gasteiger partial charge in [-0.05, 0) is 58.8 Å². The van der Waals surface area contributed by atoms with Gasteiger partial charge in [0.2, 0.25) is 10.0 Å². The van der Waals surface area contributed by atoms with E-state index in [-0.39, 0.29) is 5.75 Å². The molecule has 1 aliphatic heterocycles. The molecule has 0 spiro atoms. The summed E-state index contributed by atoms with van der Waals surface area (Å²) in [5.74, 6) is 0.222. The summed E-state index contributed by atoms with van der Waals surface area (Å²) < 4.78 is 26.2. The number of hydrogen-bond donors (Lipinski definition) is 2. The van der Waals surface area contributed by atoms with Gasteiger partial charge in [-0.3, -0.25) is 0 Å². The van der Waals surface area contributed by atoms with E-state index >= 15 is 0 Å². The lowest BCUT2D eigenvalue weighted by Gasteiger charge is -2.33. The second-order valence-corrected chi connectivity index (χ2v) is 7.58. The summed E-state index contributed by atoms with van der Waals surface area (Å²) in [5.41, 5.74) is 0. The summed E-state index contributed by atoms with van der Waals surface area (Å²) in [6, 6.07) is 0.653. The van der Waals surface area contributed by atoms with Gasteiger partial charge in [-0.1, -0.05) is 13.3 Å². The van der Waals surface area contributed by atoms with E-state index in [1.807, 2.05) is 6.92 Å². The number of rotatable bonds is 10. The van der Waals surface area contributed by atoms with Crippen LogP contribution in [-0.4, -0.2) is 57.8 Å². The van der Waals surface area contributed by atoms with Gasteiger partial charge in [0.05, 0.1) is 5.75 Å². The number of piperidine rings is 1. The minimum atomic E-state index is -3.09. The van der Waals surface area contributed by atoms with E-state index in [4.69, 9.17) is 0 Å². The van der Waals surface area contributed by atoms with Crippen LogP contribution < -0.4 is 10.0 Å². The predicted molar refractivity (Wildman–Crippen MR) is 84.5 cm³/mol. The molecule has 1 heterocycles.